The summed E-state index contributed by atoms with van der Waals surface area (Å²) in [6.07, 6.45) is -10.2. The Bertz CT molecular complexity index is 509. The first-order chi connectivity index (χ1) is 8.11. The maximum atomic E-state index is 12.4. The van der Waals surface area contributed by atoms with Gasteiger partial charge in [-0.05, 0) is 12.1 Å². The highest BCUT2D eigenvalue weighted by atomic mass is 19.4. The molecule has 18 heavy (non-hydrogen) atoms. The third-order valence-electron chi connectivity index (χ3n) is 2.01. The minimum atomic E-state index is -5.10. The fraction of sp³-hybridized carbons (Fsp3) is 0.200. The smallest absolute Gasteiger partial charge is 0.192 e. The van der Waals surface area contributed by atoms with Gasteiger partial charge in [-0.15, -0.1) is 0 Å². The molecule has 0 aromatic heterocycles. The van der Waals surface area contributed by atoms with Crippen LogP contribution in [0.25, 0.3) is 0 Å². The Labute approximate surface area is 96.7 Å². The number of nitrogens with zero attached hydrogens (tertiary/aromatic N) is 2. The molecule has 0 radical (unpaired) electrons. The van der Waals surface area contributed by atoms with Gasteiger partial charge in [-0.1, -0.05) is 0 Å². The highest BCUT2D eigenvalue weighted by Crippen LogP contribution is 2.38. The predicted octanol–water partition coefficient (Wildman–Crippen LogP) is 3.47. The second-order valence-corrected chi connectivity index (χ2v) is 3.16. The number of benzene rings is 1. The summed E-state index contributed by atoms with van der Waals surface area (Å²) in [7, 11) is 0. The van der Waals surface area contributed by atoms with Crippen molar-refractivity contribution in [3.63, 3.8) is 0 Å². The molecule has 1 rings (SSSR count). The molecule has 0 N–H and O–H groups in total. The third kappa shape index (κ3) is 2.54. The van der Waals surface area contributed by atoms with Crippen LogP contribution in [0.3, 0.4) is 0 Å². The van der Waals surface area contributed by atoms with E-state index in [1.807, 2.05) is 0 Å². The van der Waals surface area contributed by atoms with Crippen molar-refractivity contribution in [1.29, 1.82) is 10.5 Å². The van der Waals surface area contributed by atoms with Crippen LogP contribution in [0, 0.1) is 22.7 Å². The average Bonchev–Trinajstić information content (AvgIpc) is 2.24. The molecule has 0 aliphatic rings. The van der Waals surface area contributed by atoms with Gasteiger partial charge >= 0.3 is 12.4 Å². The second kappa shape index (κ2) is 4.22. The minimum absolute atomic E-state index is 0.225. The molecule has 0 heterocycles. The van der Waals surface area contributed by atoms with Gasteiger partial charge in [-0.2, -0.15) is 36.9 Å². The summed E-state index contributed by atoms with van der Waals surface area (Å²) < 4.78 is 74.6. The molecule has 2 nitrogen and oxygen atoms in total. The van der Waals surface area contributed by atoms with Gasteiger partial charge in [0, 0.05) is 0 Å². The molecule has 94 valence electrons. The van der Waals surface area contributed by atoms with E-state index in [2.05, 4.69) is 0 Å². The van der Waals surface area contributed by atoms with Crippen LogP contribution < -0.4 is 0 Å². The molecule has 1 aromatic rings. The minimum Gasteiger partial charge on any atom is -0.192 e. The molecule has 0 atom stereocenters. The van der Waals surface area contributed by atoms with Crippen LogP contribution in [0.1, 0.15) is 22.3 Å². The van der Waals surface area contributed by atoms with E-state index in [1.54, 1.807) is 0 Å². The summed E-state index contributed by atoms with van der Waals surface area (Å²) in [5.41, 5.74) is -5.47. The van der Waals surface area contributed by atoms with E-state index in [4.69, 9.17) is 10.5 Å². The van der Waals surface area contributed by atoms with E-state index in [-0.39, 0.29) is 12.1 Å². The van der Waals surface area contributed by atoms with Gasteiger partial charge in [0.05, 0.1) is 34.4 Å². The van der Waals surface area contributed by atoms with E-state index in [0.29, 0.717) is 0 Å². The lowest BCUT2D eigenvalue weighted by molar-refractivity contribution is -0.143. The van der Waals surface area contributed by atoms with Gasteiger partial charge in [0.1, 0.15) is 0 Å². The van der Waals surface area contributed by atoms with Crippen LogP contribution in [-0.4, -0.2) is 0 Å². The van der Waals surface area contributed by atoms with Crippen LogP contribution in [0.5, 0.6) is 0 Å². The number of halogens is 6. The predicted molar refractivity (Wildman–Crippen MR) is 45.9 cm³/mol. The Balaban J connectivity index is 3.68. The molecule has 0 bridgehead atoms. The first-order valence-corrected chi connectivity index (χ1v) is 4.24. The van der Waals surface area contributed by atoms with Crippen LogP contribution in [0.2, 0.25) is 0 Å². The third-order valence-corrected chi connectivity index (χ3v) is 2.01. The maximum absolute atomic E-state index is 12.4. The summed E-state index contributed by atoms with van der Waals surface area (Å²) >= 11 is 0. The maximum Gasteiger partial charge on any atom is 0.417 e. The van der Waals surface area contributed by atoms with E-state index in [1.165, 1.54) is 0 Å². The van der Waals surface area contributed by atoms with Crippen LogP contribution in [-0.2, 0) is 12.4 Å². The fourth-order valence-electron chi connectivity index (χ4n) is 1.25. The van der Waals surface area contributed by atoms with Gasteiger partial charge in [-0.3, -0.25) is 0 Å². The summed E-state index contributed by atoms with van der Waals surface area (Å²) in [4.78, 5) is 0. The molecule has 0 unspecified atom stereocenters. The standard InChI is InChI=1S/C10H2F6N2/c11-9(12,13)7-2-8(10(14,15)16)6(4-18)1-5(7)3-17/h1-2H. The zero-order valence-corrected chi connectivity index (χ0v) is 8.32. The Morgan fingerprint density at radius 2 is 1.06 bits per heavy atom. The van der Waals surface area contributed by atoms with Crippen molar-refractivity contribution in [3.05, 3.63) is 34.4 Å². The molecular weight excluding hydrogens is 262 g/mol. The lowest BCUT2D eigenvalue weighted by atomic mass is 9.99. The van der Waals surface area contributed by atoms with Gasteiger partial charge in [0.25, 0.3) is 0 Å². The number of hydrogen-bond acceptors (Lipinski definition) is 2. The molecule has 0 aliphatic carbocycles. The van der Waals surface area contributed by atoms with E-state index < -0.39 is 34.6 Å². The molecule has 0 aliphatic heterocycles. The first kappa shape index (κ1) is 13.8. The van der Waals surface area contributed by atoms with Crippen molar-refractivity contribution in [2.24, 2.45) is 0 Å². The first-order valence-electron chi connectivity index (χ1n) is 4.24. The largest absolute Gasteiger partial charge is 0.417 e. The zero-order chi connectivity index (χ0) is 14.1. The summed E-state index contributed by atoms with van der Waals surface area (Å²) in [6.45, 7) is 0. The summed E-state index contributed by atoms with van der Waals surface area (Å²) in [5.74, 6) is 0. The lowest BCUT2D eigenvalue weighted by Gasteiger charge is -2.14. The molecule has 0 saturated heterocycles. The van der Waals surface area contributed by atoms with Gasteiger partial charge in [0.2, 0.25) is 0 Å². The second-order valence-electron chi connectivity index (χ2n) is 3.16. The van der Waals surface area contributed by atoms with Crippen molar-refractivity contribution in [2.45, 2.75) is 12.4 Å². The highest BCUT2D eigenvalue weighted by molar-refractivity contribution is 5.51. The quantitative estimate of drug-likeness (QED) is 0.673. The highest BCUT2D eigenvalue weighted by Gasteiger charge is 2.40. The van der Waals surface area contributed by atoms with Crippen LogP contribution in [0.15, 0.2) is 12.1 Å². The molecular formula is C10H2F6N2. The van der Waals surface area contributed by atoms with Crippen LogP contribution in [0.4, 0.5) is 26.3 Å². The number of rotatable bonds is 0. The Morgan fingerprint density at radius 1 is 0.722 bits per heavy atom. The van der Waals surface area contributed by atoms with Gasteiger partial charge in [-0.25, -0.2) is 0 Å². The Morgan fingerprint density at radius 3 is 1.28 bits per heavy atom. The van der Waals surface area contributed by atoms with Crippen molar-refractivity contribution < 1.29 is 26.3 Å². The van der Waals surface area contributed by atoms with Crippen molar-refractivity contribution >= 4 is 0 Å². The van der Waals surface area contributed by atoms with Crippen LogP contribution >= 0.6 is 0 Å². The number of hydrogen-bond donors (Lipinski definition) is 0. The van der Waals surface area contributed by atoms with E-state index >= 15 is 0 Å². The average molecular weight is 264 g/mol. The molecule has 0 fully saturated rings. The van der Waals surface area contributed by atoms with Crippen molar-refractivity contribution in [1.82, 2.24) is 0 Å². The van der Waals surface area contributed by atoms with Crippen molar-refractivity contribution in [3.8, 4) is 12.1 Å². The monoisotopic (exact) mass is 264 g/mol. The van der Waals surface area contributed by atoms with Gasteiger partial charge in [0.15, 0.2) is 0 Å². The number of alkyl halides is 6. The van der Waals surface area contributed by atoms with E-state index in [9.17, 15) is 26.3 Å². The number of nitriles is 2. The molecule has 0 amide bonds. The molecule has 8 heteroatoms. The molecule has 1 aromatic carbocycles. The fourth-order valence-corrected chi connectivity index (χ4v) is 1.25. The Hall–Kier alpha value is -2.22. The summed E-state index contributed by atoms with van der Waals surface area (Å²) in [5, 5.41) is 16.9. The molecule has 0 spiro atoms. The van der Waals surface area contributed by atoms with E-state index in [0.717, 1.165) is 12.1 Å². The summed E-state index contributed by atoms with van der Waals surface area (Å²) in [6, 6.07) is 2.29. The topological polar surface area (TPSA) is 47.6 Å². The SMILES string of the molecule is N#Cc1cc(C#N)c(C(F)(F)F)cc1C(F)(F)F. The zero-order valence-electron chi connectivity index (χ0n) is 8.32. The normalized spacial score (nSPS) is 11.8. The van der Waals surface area contributed by atoms with Gasteiger partial charge < -0.3 is 0 Å². The lowest BCUT2D eigenvalue weighted by Crippen LogP contribution is -2.14. The Kier molecular flexibility index (Phi) is 3.25. The van der Waals surface area contributed by atoms with Crippen molar-refractivity contribution in [2.75, 3.05) is 0 Å². The molecule has 0 saturated carbocycles.